The van der Waals surface area contributed by atoms with E-state index in [0.29, 0.717) is 19.0 Å². The molecular weight excluding hydrogens is 708 g/mol. The summed E-state index contributed by atoms with van der Waals surface area (Å²) in [5.41, 5.74) is 7.37. The summed E-state index contributed by atoms with van der Waals surface area (Å²) in [7, 11) is 0. The minimum absolute atomic E-state index is 0.0374. The molecule has 53 heavy (non-hydrogen) atoms. The fraction of sp³-hybridized carbons (Fsp3) is 0.213. The molecule has 0 spiro atoms. The van der Waals surface area contributed by atoms with Crippen molar-refractivity contribution >= 4 is 41.0 Å². The second-order valence-electron chi connectivity index (χ2n) is 12.9. The van der Waals surface area contributed by atoms with Gasteiger partial charge in [-0.1, -0.05) is 182 Å². The van der Waals surface area contributed by atoms with Gasteiger partial charge in [0.15, 0.2) is 0 Å². The van der Waals surface area contributed by atoms with Crippen LogP contribution in [0.5, 0.6) is 0 Å². The van der Waals surface area contributed by atoms with E-state index in [9.17, 15) is 4.79 Å². The molecule has 0 aliphatic rings. The SMILES string of the molecule is O=C(CN(CCCCl)CCSC(c1ccccc1)(c1ccccc1)c1ccccc1)NCCSC(c1ccccc1)(c1ccccc1)c1ccccc1. The number of halogens is 1. The molecular formula is C47H47ClN2OS2. The van der Waals surface area contributed by atoms with Gasteiger partial charge in [0.1, 0.15) is 0 Å². The lowest BCUT2D eigenvalue weighted by Crippen LogP contribution is -2.40. The fourth-order valence-corrected chi connectivity index (χ4v) is 10.2. The van der Waals surface area contributed by atoms with Gasteiger partial charge in [-0.25, -0.2) is 0 Å². The van der Waals surface area contributed by atoms with Crippen molar-refractivity contribution in [2.45, 2.75) is 15.9 Å². The molecule has 0 saturated carbocycles. The molecule has 0 saturated heterocycles. The lowest BCUT2D eigenvalue weighted by molar-refractivity contribution is -0.122. The maximum atomic E-state index is 13.6. The average Bonchev–Trinajstić information content (AvgIpc) is 3.23. The molecule has 0 fully saturated rings. The van der Waals surface area contributed by atoms with Crippen LogP contribution in [-0.2, 0) is 14.3 Å². The Kier molecular flexibility index (Phi) is 14.3. The number of benzene rings is 6. The molecule has 1 N–H and O–H groups in total. The minimum atomic E-state index is -0.416. The molecule has 0 radical (unpaired) electrons. The van der Waals surface area contributed by atoms with Crippen LogP contribution < -0.4 is 5.32 Å². The number of nitrogens with zero attached hydrogens (tertiary/aromatic N) is 1. The second-order valence-corrected chi connectivity index (χ2v) is 15.9. The molecule has 0 heterocycles. The Morgan fingerprint density at radius 3 is 1.13 bits per heavy atom. The summed E-state index contributed by atoms with van der Waals surface area (Å²) in [4.78, 5) is 15.8. The highest BCUT2D eigenvalue weighted by molar-refractivity contribution is 8.00. The lowest BCUT2D eigenvalue weighted by atomic mass is 9.84. The maximum Gasteiger partial charge on any atom is 0.234 e. The third-order valence-corrected chi connectivity index (χ3v) is 12.9. The van der Waals surface area contributed by atoms with Crippen LogP contribution in [0.25, 0.3) is 0 Å². The van der Waals surface area contributed by atoms with Gasteiger partial charge in [0.25, 0.3) is 0 Å². The van der Waals surface area contributed by atoms with E-state index in [2.05, 4.69) is 192 Å². The highest BCUT2D eigenvalue weighted by Gasteiger charge is 2.38. The van der Waals surface area contributed by atoms with Crippen molar-refractivity contribution in [3.63, 3.8) is 0 Å². The highest BCUT2D eigenvalue weighted by Crippen LogP contribution is 2.49. The molecule has 0 aliphatic carbocycles. The van der Waals surface area contributed by atoms with Crippen LogP contribution in [0, 0.1) is 0 Å². The quantitative estimate of drug-likeness (QED) is 0.0507. The van der Waals surface area contributed by atoms with Crippen LogP contribution in [-0.4, -0.2) is 54.4 Å². The monoisotopic (exact) mass is 754 g/mol. The Labute approximate surface area is 329 Å². The van der Waals surface area contributed by atoms with Crippen LogP contribution >= 0.6 is 35.1 Å². The zero-order valence-corrected chi connectivity index (χ0v) is 32.4. The summed E-state index contributed by atoms with van der Waals surface area (Å²) >= 11 is 9.98. The van der Waals surface area contributed by atoms with Gasteiger partial charge in [0.05, 0.1) is 16.0 Å². The first kappa shape index (κ1) is 38.5. The first-order chi connectivity index (χ1) is 26.2. The van der Waals surface area contributed by atoms with Gasteiger partial charge in [-0.3, -0.25) is 9.69 Å². The van der Waals surface area contributed by atoms with E-state index >= 15 is 0 Å². The topological polar surface area (TPSA) is 32.3 Å². The van der Waals surface area contributed by atoms with E-state index in [1.54, 1.807) is 0 Å². The first-order valence-electron chi connectivity index (χ1n) is 18.3. The maximum absolute atomic E-state index is 13.6. The molecule has 6 rings (SSSR count). The molecule has 6 aromatic rings. The Bertz CT molecular complexity index is 1740. The second kappa shape index (κ2) is 19.7. The van der Waals surface area contributed by atoms with Crippen LogP contribution in [0.3, 0.4) is 0 Å². The van der Waals surface area contributed by atoms with Crippen molar-refractivity contribution < 1.29 is 4.79 Å². The Balaban J connectivity index is 1.15. The molecule has 0 bridgehead atoms. The Morgan fingerprint density at radius 1 is 0.491 bits per heavy atom. The van der Waals surface area contributed by atoms with Crippen LogP contribution in [0.4, 0.5) is 0 Å². The van der Waals surface area contributed by atoms with E-state index in [4.69, 9.17) is 11.6 Å². The predicted octanol–water partition coefficient (Wildman–Crippen LogP) is 10.5. The summed E-state index contributed by atoms with van der Waals surface area (Å²) < 4.78 is -0.814. The number of alkyl halides is 1. The summed E-state index contributed by atoms with van der Waals surface area (Å²) in [5, 5.41) is 3.26. The predicted molar refractivity (Wildman–Crippen MR) is 228 cm³/mol. The molecule has 0 aromatic heterocycles. The Hall–Kier alpha value is -4.26. The van der Waals surface area contributed by atoms with Crippen LogP contribution in [0.1, 0.15) is 39.8 Å². The smallest absolute Gasteiger partial charge is 0.234 e. The van der Waals surface area contributed by atoms with Gasteiger partial charge >= 0.3 is 0 Å². The number of amides is 1. The summed E-state index contributed by atoms with van der Waals surface area (Å²) in [5.74, 6) is 2.17. The van der Waals surface area contributed by atoms with Gasteiger partial charge in [-0.05, 0) is 46.3 Å². The molecule has 1 amide bonds. The van der Waals surface area contributed by atoms with Crippen molar-refractivity contribution in [1.29, 1.82) is 0 Å². The van der Waals surface area contributed by atoms with Gasteiger partial charge in [-0.15, -0.1) is 35.1 Å². The van der Waals surface area contributed by atoms with Crippen molar-refractivity contribution in [3.8, 4) is 0 Å². The molecule has 6 heteroatoms. The number of thioether (sulfide) groups is 2. The van der Waals surface area contributed by atoms with E-state index in [-0.39, 0.29) is 5.91 Å². The molecule has 0 atom stereocenters. The average molecular weight is 755 g/mol. The molecule has 0 unspecified atom stereocenters. The molecule has 6 aromatic carbocycles. The Morgan fingerprint density at radius 2 is 0.811 bits per heavy atom. The fourth-order valence-electron chi connectivity index (χ4n) is 7.07. The number of hydrogen-bond acceptors (Lipinski definition) is 4. The van der Waals surface area contributed by atoms with Crippen molar-refractivity contribution in [2.24, 2.45) is 0 Å². The summed E-state index contributed by atoms with van der Waals surface area (Å²) in [6.07, 6.45) is 0.824. The lowest BCUT2D eigenvalue weighted by Gasteiger charge is -2.36. The van der Waals surface area contributed by atoms with Crippen molar-refractivity contribution in [3.05, 3.63) is 215 Å². The van der Waals surface area contributed by atoms with Crippen LogP contribution in [0.15, 0.2) is 182 Å². The largest absolute Gasteiger partial charge is 0.354 e. The van der Waals surface area contributed by atoms with E-state index in [1.165, 1.54) is 33.4 Å². The van der Waals surface area contributed by atoms with Gasteiger partial charge < -0.3 is 5.32 Å². The summed E-state index contributed by atoms with van der Waals surface area (Å²) in [6.45, 7) is 2.42. The number of hydrogen-bond donors (Lipinski definition) is 1. The zero-order valence-electron chi connectivity index (χ0n) is 30.0. The van der Waals surface area contributed by atoms with Gasteiger partial charge in [-0.2, -0.15) is 0 Å². The number of carbonyl (C=O) groups is 1. The molecule has 3 nitrogen and oxygen atoms in total. The normalized spacial score (nSPS) is 11.7. The number of carbonyl (C=O) groups excluding carboxylic acids is 1. The number of rotatable bonds is 19. The van der Waals surface area contributed by atoms with Crippen LogP contribution in [0.2, 0.25) is 0 Å². The van der Waals surface area contributed by atoms with Gasteiger partial charge in [0, 0.05) is 30.5 Å². The van der Waals surface area contributed by atoms with E-state index in [0.717, 1.165) is 31.0 Å². The first-order valence-corrected chi connectivity index (χ1v) is 20.8. The van der Waals surface area contributed by atoms with Gasteiger partial charge in [0.2, 0.25) is 5.91 Å². The number of nitrogens with one attached hydrogen (secondary N) is 1. The van der Waals surface area contributed by atoms with E-state index < -0.39 is 9.49 Å². The molecule has 0 aliphatic heterocycles. The highest BCUT2D eigenvalue weighted by atomic mass is 35.5. The third-order valence-electron chi connectivity index (χ3n) is 9.53. The standard InChI is InChI=1S/C47H47ClN2OS2/c48-32-19-34-50(35-37-53-47(42-26-13-4-14-27-42,43-28-15-5-16-29-43)44-30-17-6-18-31-44)38-45(51)49-33-36-52-46(39-20-7-1-8-21-39,40-22-9-2-10-23-40)41-24-11-3-12-25-41/h1-18,20-31H,19,32-38H2,(H,49,51). The molecule has 270 valence electrons. The van der Waals surface area contributed by atoms with E-state index in [1.807, 2.05) is 23.5 Å². The van der Waals surface area contributed by atoms with Crippen molar-refractivity contribution in [1.82, 2.24) is 10.2 Å². The third kappa shape index (κ3) is 9.46. The zero-order chi connectivity index (χ0) is 36.6. The summed E-state index contributed by atoms with van der Waals surface area (Å²) in [6, 6.07) is 64.4. The minimum Gasteiger partial charge on any atom is -0.354 e. The van der Waals surface area contributed by atoms with Crippen molar-refractivity contribution in [2.75, 3.05) is 43.6 Å².